The second kappa shape index (κ2) is 103. The summed E-state index contributed by atoms with van der Waals surface area (Å²) < 4.78 is 55.8. The van der Waals surface area contributed by atoms with E-state index in [-0.39, 0.29) is 122 Å². The summed E-state index contributed by atoms with van der Waals surface area (Å²) in [6, 6.07) is 0. The molecule has 36 heteroatoms. The first-order valence-corrected chi connectivity index (χ1v) is 44.3. The highest BCUT2D eigenvalue weighted by Gasteiger charge is 2.17. The van der Waals surface area contributed by atoms with E-state index in [9.17, 15) is 57.5 Å². The van der Waals surface area contributed by atoms with Crippen LogP contribution in [-0.2, 0) is 114 Å². The zero-order valence-electron chi connectivity index (χ0n) is 61.6. The first-order chi connectivity index (χ1) is 47.6. The first-order valence-electron chi connectivity index (χ1n) is 32.2. The van der Waals surface area contributed by atoms with Crippen LogP contribution in [0.15, 0.2) is 0 Å². The number of rotatable bonds is 32. The molecule has 1 saturated carbocycles. The number of unbranched alkanes of at least 4 members (excludes halogenated alkanes) is 4. The van der Waals surface area contributed by atoms with Gasteiger partial charge in [-0.2, -0.15) is 0 Å². The minimum absolute atomic E-state index is 0.0000463. The minimum atomic E-state index is -0.357. The maximum Gasteiger partial charge on any atom is 0.320 e. The third-order valence-electron chi connectivity index (χ3n) is 9.11. The van der Waals surface area contributed by atoms with Gasteiger partial charge in [0.05, 0.1) is 66.6 Å². The van der Waals surface area contributed by atoms with E-state index in [1.807, 2.05) is 62.3 Å². The quantitative estimate of drug-likeness (QED) is 0.0261. The Labute approximate surface area is 697 Å². The molecule has 1 aliphatic rings. The number of ether oxygens (including phenoxy) is 12. The van der Waals surface area contributed by atoms with Gasteiger partial charge >= 0.3 is 71.6 Å². The van der Waals surface area contributed by atoms with Gasteiger partial charge in [0.25, 0.3) is 0 Å². The lowest BCUT2D eigenvalue weighted by atomic mass is 9.98. The van der Waals surface area contributed by atoms with Gasteiger partial charge in [-0.25, -0.2) is 0 Å². The van der Waals surface area contributed by atoms with Gasteiger partial charge < -0.3 is 56.8 Å². The fraction of sp³-hybridized carbons (Fsp3) is 0.815. The van der Waals surface area contributed by atoms with Crippen LogP contribution in [-0.4, -0.2) is 214 Å². The summed E-state index contributed by atoms with van der Waals surface area (Å²) in [5, 5.41) is 3.88. The second-order valence-corrected chi connectivity index (χ2v) is 27.1. The largest absolute Gasteiger partial charge is 0.468 e. The topological polar surface area (TPSA) is 316 Å². The molecule has 0 N–H and O–H groups in total. The maximum absolute atomic E-state index is 10.8. The van der Waals surface area contributed by atoms with Crippen molar-refractivity contribution in [3.63, 3.8) is 0 Å². The van der Waals surface area contributed by atoms with Crippen molar-refractivity contribution in [3.05, 3.63) is 0 Å². The average molecular weight is 2150 g/mol. The third kappa shape index (κ3) is 139. The Balaban J connectivity index is -0.0000000976. The number of esters is 12. The molecule has 1 rings (SSSR count). The molecule has 1 atom stereocenters. The molecule has 0 spiro atoms. The lowest BCUT2D eigenvalue weighted by Gasteiger charge is -2.21. The molecule has 1 aliphatic carbocycles. The molecule has 604 valence electrons. The minimum Gasteiger partial charge on any atom is -0.468 e. The Hall–Kier alpha value is -0.980. The number of carbonyl (C=O) groups excluding carboxylic acids is 12. The van der Waals surface area contributed by atoms with Gasteiger partial charge in [-0.3, -0.25) is 57.5 Å². The highest BCUT2D eigenvalue weighted by atomic mass is 79.9. The Kier molecular flexibility index (Phi) is 126. The van der Waals surface area contributed by atoms with Gasteiger partial charge in [0.2, 0.25) is 0 Å². The molecule has 0 aromatic carbocycles. The average Bonchev–Trinajstić information content (AvgIpc) is 1.17. The van der Waals surface area contributed by atoms with Crippen LogP contribution in [0.2, 0.25) is 0 Å². The summed E-state index contributed by atoms with van der Waals surface area (Å²) in [6.45, 7) is 27.6. The zero-order chi connectivity index (χ0) is 80.7. The zero-order valence-corrected chi connectivity index (χ0v) is 79.0. The summed E-state index contributed by atoms with van der Waals surface area (Å²) in [5.41, 5.74) is -0.356. The molecule has 0 saturated heterocycles. The van der Waals surface area contributed by atoms with Crippen molar-refractivity contribution in [2.75, 3.05) is 120 Å². The summed E-state index contributed by atoms with van der Waals surface area (Å²) >= 11 is 40.6. The number of alkyl halides is 12. The first kappa shape index (κ1) is 124. The van der Waals surface area contributed by atoms with Gasteiger partial charge in [0.1, 0.15) is 65.6 Å². The van der Waals surface area contributed by atoms with E-state index >= 15 is 0 Å². The molecular formula is C65H116Br10Cl2O24. The molecule has 0 aliphatic heterocycles. The lowest BCUT2D eigenvalue weighted by molar-refractivity contribution is -0.151. The van der Waals surface area contributed by atoms with E-state index < -0.39 is 0 Å². The van der Waals surface area contributed by atoms with Crippen molar-refractivity contribution in [2.24, 2.45) is 0 Å². The van der Waals surface area contributed by atoms with E-state index in [1.54, 1.807) is 20.8 Å². The highest BCUT2D eigenvalue weighted by molar-refractivity contribution is 9.10. The predicted molar refractivity (Wildman–Crippen MR) is 435 cm³/mol. The second-order valence-electron chi connectivity index (χ2n) is 19.7. The standard InChI is InChI=1S/C8H13BrO2.2C7H13BrO2.2C6H11BrO2.C6H11ClO2.2C5H9BrO2.2C4H7BrO2.C4H7ClO2.C3H5BrO2/c9-6-8(10)11-7-4-2-1-3-5-7;1-2-10-7(9)5-3-4-6-8;1-2-3-4-5-10-7(9)6-8;1-6(2,3)9-5(8)4-7;1-2-9-6(8)4-3-5-7;1-2-3-4-9-6(8)5-7;1-4(2)8-5(7)3-6;1-2-3-8-5(7)4-6;1-3(5)4(6)7-2;2*1-2-7-4(6)3-5;1-6-3(5)2-4/h7H,1-6H2;2*2-6H2,1H3;4H2,1-3H3;2*2-5H2,1H3;4H,3H2,1-2H3;2-4H2,1H3;3H,1-2H3;2*2-3H2,1H3;2H2,1H3. The maximum atomic E-state index is 10.8. The van der Waals surface area contributed by atoms with Crippen molar-refractivity contribution in [2.45, 2.75) is 215 Å². The monoisotopic (exact) mass is 2140 g/mol. The molecule has 0 amide bonds. The number of halogens is 12. The molecule has 0 bridgehead atoms. The van der Waals surface area contributed by atoms with Gasteiger partial charge in [-0.1, -0.05) is 206 Å². The molecule has 0 aromatic heterocycles. The van der Waals surface area contributed by atoms with Gasteiger partial charge in [-0.15, -0.1) is 23.2 Å². The molecule has 0 aromatic rings. The Morgan fingerprint density at radius 3 is 1.04 bits per heavy atom. The predicted octanol–water partition coefficient (Wildman–Crippen LogP) is 17.4. The van der Waals surface area contributed by atoms with Crippen LogP contribution < -0.4 is 0 Å². The molecule has 0 heterocycles. The van der Waals surface area contributed by atoms with Gasteiger partial charge in [0.15, 0.2) is 0 Å². The summed E-state index contributed by atoms with van der Waals surface area (Å²) in [4.78, 5) is 124. The van der Waals surface area contributed by atoms with E-state index in [0.717, 1.165) is 81.3 Å². The normalized spacial score (nSPS) is 10.6. The fourth-order valence-corrected chi connectivity index (χ4v) is 7.03. The van der Waals surface area contributed by atoms with Crippen LogP contribution in [0.5, 0.6) is 0 Å². The van der Waals surface area contributed by atoms with Crippen molar-refractivity contribution in [1.29, 1.82) is 0 Å². The van der Waals surface area contributed by atoms with Crippen molar-refractivity contribution < 1.29 is 114 Å². The van der Waals surface area contributed by atoms with Crippen molar-refractivity contribution in [3.8, 4) is 0 Å². The number of hydrogen-bond donors (Lipinski definition) is 0. The van der Waals surface area contributed by atoms with Crippen molar-refractivity contribution >= 4 is 254 Å². The number of carbonyl (C=O) groups is 12. The highest BCUT2D eigenvalue weighted by Crippen LogP contribution is 2.20. The SMILES string of the molecule is CC(C)(C)OC(=O)CBr.CC(C)OC(=O)CBr.CCCCCOC(=O)CBr.CCCCOC(=O)CCl.CCCOC(=O)CBr.CCOC(=O)CBr.CCOC(=O)CCCBr.CCOC(=O)CCCCBr.CCOC(=O)CCl.COC(=O)C(C)Br.COC(=O)CBr.O=C(CBr)OC1CCCCC1. The van der Waals surface area contributed by atoms with Crippen LogP contribution >= 0.6 is 183 Å². The van der Waals surface area contributed by atoms with E-state index in [2.05, 4.69) is 199 Å². The third-order valence-corrected chi connectivity index (χ3v) is 14.2. The molecule has 0 radical (unpaired) electrons. The smallest absolute Gasteiger partial charge is 0.320 e. The van der Waals surface area contributed by atoms with E-state index in [0.29, 0.717) is 80.4 Å². The summed E-state index contributed by atoms with van der Waals surface area (Å²) in [6.07, 6.45) is 16.0. The molecular weight excluding hydrogens is 2030 g/mol. The molecule has 1 fully saturated rings. The Morgan fingerprint density at radius 2 is 0.762 bits per heavy atom. The number of methoxy groups -OCH3 is 2. The van der Waals surface area contributed by atoms with Crippen LogP contribution in [0.3, 0.4) is 0 Å². The van der Waals surface area contributed by atoms with Crippen LogP contribution in [0.25, 0.3) is 0 Å². The van der Waals surface area contributed by atoms with Crippen LogP contribution in [0.1, 0.15) is 193 Å². The van der Waals surface area contributed by atoms with Crippen LogP contribution in [0.4, 0.5) is 0 Å². The van der Waals surface area contributed by atoms with Crippen molar-refractivity contribution in [1.82, 2.24) is 0 Å². The lowest BCUT2D eigenvalue weighted by Crippen LogP contribution is -2.24. The van der Waals surface area contributed by atoms with E-state index in [1.165, 1.54) is 33.5 Å². The molecule has 101 heavy (non-hydrogen) atoms. The van der Waals surface area contributed by atoms with Crippen LogP contribution in [0, 0.1) is 0 Å². The van der Waals surface area contributed by atoms with Gasteiger partial charge in [-0.05, 0) is 133 Å². The van der Waals surface area contributed by atoms with Gasteiger partial charge in [0, 0.05) is 23.5 Å². The number of hydrogen-bond acceptors (Lipinski definition) is 24. The Morgan fingerprint density at radius 1 is 0.396 bits per heavy atom. The summed E-state index contributed by atoms with van der Waals surface area (Å²) in [7, 11) is 2.71. The Bertz CT molecular complexity index is 1920. The fourth-order valence-electron chi connectivity index (χ4n) is 4.92. The summed E-state index contributed by atoms with van der Waals surface area (Å²) in [5.74, 6) is -2.55. The van der Waals surface area contributed by atoms with E-state index in [4.69, 9.17) is 46.9 Å². The molecule has 1 unspecified atom stereocenters. The molecule has 24 nitrogen and oxygen atoms in total.